The van der Waals surface area contributed by atoms with Gasteiger partial charge in [-0.15, -0.1) is 0 Å². The van der Waals surface area contributed by atoms with E-state index in [0.29, 0.717) is 0 Å². The summed E-state index contributed by atoms with van der Waals surface area (Å²) in [7, 11) is 0. The molecule has 4 saturated carbocycles. The molecule has 69 heavy (non-hydrogen) atoms. The van der Waals surface area contributed by atoms with Gasteiger partial charge in [0.15, 0.2) is 0 Å². The van der Waals surface area contributed by atoms with Crippen LogP contribution in [0.5, 0.6) is 0 Å². The van der Waals surface area contributed by atoms with Gasteiger partial charge in [0.2, 0.25) is 0 Å². The molecule has 0 amide bonds. The lowest BCUT2D eigenvalue weighted by Crippen LogP contribution is -2.55. The number of nitrogens with zero attached hydrogens (tertiary/aromatic N) is 1. The quantitative estimate of drug-likeness (QED) is 0.147. The van der Waals surface area contributed by atoms with Crippen molar-refractivity contribution in [2.24, 2.45) is 23.7 Å². The minimum Gasteiger partial charge on any atom is -0.311 e. The first-order chi connectivity index (χ1) is 34.1. The molecule has 5 aliphatic carbocycles. The standard InChI is InChI=1S/C68H53N/c1-2-9-47(10-3-1)51-25-32-59(33-26-51)69(61-36-29-55(30-37-61)63-15-8-12-54-11-4-5-13-62(54)63)60-34-27-52(28-35-60)50-19-17-48(18-20-50)49-21-23-53(24-22-49)56-31-38-67-65(44-56)64-14-6-7-16-66(64)68(67)57-40-45-39-46(42-57)43-58(68)41-45/h1-38,44-46,57-58H,39-43H2. The zero-order chi connectivity index (χ0) is 45.5. The van der Waals surface area contributed by atoms with Gasteiger partial charge in [0.1, 0.15) is 0 Å². The monoisotopic (exact) mass is 883 g/mol. The SMILES string of the molecule is c1ccc(-c2ccc(N(c3ccc(-c4ccc(-c5ccc(-c6ccc7c(c6)-c6ccccc6C76C7CC8CC(C7)CC6C8)cc5)cc4)cc3)c3ccc(-c4cccc5ccccc45)cc3)cc2)cc1. The molecular weight excluding hydrogens is 831 g/mol. The topological polar surface area (TPSA) is 3.24 Å². The Bertz CT molecular complexity index is 3480. The maximum absolute atomic E-state index is 2.54. The fourth-order valence-electron chi connectivity index (χ4n) is 14.0. The highest BCUT2D eigenvalue weighted by molar-refractivity contribution is 5.97. The highest BCUT2D eigenvalue weighted by Gasteiger charge is 2.61. The number of anilines is 3. The van der Waals surface area contributed by atoms with Gasteiger partial charge in [-0.2, -0.15) is 0 Å². The van der Waals surface area contributed by atoms with Crippen LogP contribution in [0.1, 0.15) is 43.2 Å². The Kier molecular flexibility index (Phi) is 9.48. The number of hydrogen-bond acceptors (Lipinski definition) is 1. The van der Waals surface area contributed by atoms with Crippen molar-refractivity contribution < 1.29 is 0 Å². The van der Waals surface area contributed by atoms with Crippen molar-refractivity contribution in [2.45, 2.75) is 37.5 Å². The molecule has 10 aromatic rings. The van der Waals surface area contributed by atoms with Gasteiger partial charge >= 0.3 is 0 Å². The van der Waals surface area contributed by atoms with Crippen molar-refractivity contribution in [1.82, 2.24) is 0 Å². The number of fused-ring (bicyclic) bond motifs is 4. The lowest BCUT2D eigenvalue weighted by Gasteiger charge is -2.61. The fourth-order valence-corrected chi connectivity index (χ4v) is 14.0. The summed E-state index contributed by atoms with van der Waals surface area (Å²) in [6, 6.07) is 88.1. The summed E-state index contributed by atoms with van der Waals surface area (Å²) in [6.45, 7) is 0. The largest absolute Gasteiger partial charge is 0.311 e. The predicted octanol–water partition coefficient (Wildman–Crippen LogP) is 18.4. The van der Waals surface area contributed by atoms with Crippen LogP contribution >= 0.6 is 0 Å². The first-order valence-electron chi connectivity index (χ1n) is 25.2. The van der Waals surface area contributed by atoms with E-state index in [4.69, 9.17) is 0 Å². The molecule has 0 atom stereocenters. The third-order valence-corrected chi connectivity index (χ3v) is 16.9. The minimum atomic E-state index is 0.221. The van der Waals surface area contributed by atoms with E-state index < -0.39 is 0 Å². The highest BCUT2D eigenvalue weighted by atomic mass is 15.1. The van der Waals surface area contributed by atoms with E-state index >= 15 is 0 Å². The van der Waals surface area contributed by atoms with Gasteiger partial charge in [-0.1, -0.05) is 194 Å². The van der Waals surface area contributed by atoms with Crippen molar-refractivity contribution >= 4 is 27.8 Å². The second kappa shape index (κ2) is 16.2. The molecule has 0 saturated heterocycles. The molecule has 0 radical (unpaired) electrons. The summed E-state index contributed by atoms with van der Waals surface area (Å²) < 4.78 is 0. The fraction of sp³-hybridized carbons (Fsp3) is 0.147. The molecule has 1 nitrogen and oxygen atoms in total. The van der Waals surface area contributed by atoms with Crippen molar-refractivity contribution in [2.75, 3.05) is 4.90 Å². The first kappa shape index (κ1) is 40.3. The molecule has 4 fully saturated rings. The van der Waals surface area contributed by atoms with Gasteiger partial charge in [0.25, 0.3) is 0 Å². The van der Waals surface area contributed by atoms with E-state index in [1.165, 1.54) is 110 Å². The van der Waals surface area contributed by atoms with Crippen LogP contribution in [0.15, 0.2) is 237 Å². The van der Waals surface area contributed by atoms with Crippen LogP contribution < -0.4 is 4.90 Å². The molecule has 0 heterocycles. The van der Waals surface area contributed by atoms with Crippen molar-refractivity contribution in [3.05, 3.63) is 248 Å². The maximum Gasteiger partial charge on any atom is 0.0462 e. The molecule has 4 bridgehead atoms. The second-order valence-electron chi connectivity index (χ2n) is 20.5. The third-order valence-electron chi connectivity index (χ3n) is 16.9. The van der Waals surface area contributed by atoms with E-state index in [1.807, 2.05) is 0 Å². The molecule has 5 aliphatic rings. The van der Waals surface area contributed by atoms with Gasteiger partial charge in [0, 0.05) is 22.5 Å². The lowest BCUT2D eigenvalue weighted by atomic mass is 9.43. The van der Waals surface area contributed by atoms with Crippen LogP contribution in [-0.4, -0.2) is 0 Å². The Morgan fingerprint density at radius 1 is 0.290 bits per heavy atom. The van der Waals surface area contributed by atoms with Crippen LogP contribution in [0.2, 0.25) is 0 Å². The van der Waals surface area contributed by atoms with E-state index in [-0.39, 0.29) is 5.41 Å². The van der Waals surface area contributed by atoms with Crippen LogP contribution in [-0.2, 0) is 5.41 Å². The number of benzene rings is 10. The summed E-state index contributed by atoms with van der Waals surface area (Å²) >= 11 is 0. The lowest BCUT2D eigenvalue weighted by molar-refractivity contribution is -0.0399. The van der Waals surface area contributed by atoms with Gasteiger partial charge in [0.05, 0.1) is 0 Å². The molecule has 10 aromatic carbocycles. The third kappa shape index (κ3) is 6.66. The summed E-state index contributed by atoms with van der Waals surface area (Å²) in [6.07, 6.45) is 7.18. The molecule has 0 aliphatic heterocycles. The summed E-state index contributed by atoms with van der Waals surface area (Å²) in [5.74, 6) is 3.51. The molecule has 0 unspecified atom stereocenters. The average molecular weight is 884 g/mol. The molecule has 0 N–H and O–H groups in total. The molecule has 0 aromatic heterocycles. The van der Waals surface area contributed by atoms with Crippen LogP contribution in [0, 0.1) is 23.7 Å². The number of hydrogen-bond donors (Lipinski definition) is 0. The zero-order valence-electron chi connectivity index (χ0n) is 38.8. The maximum atomic E-state index is 2.54. The second-order valence-corrected chi connectivity index (χ2v) is 20.5. The zero-order valence-corrected chi connectivity index (χ0v) is 38.8. The Morgan fingerprint density at radius 2 is 0.696 bits per heavy atom. The molecule has 1 heteroatoms. The average Bonchev–Trinajstić information content (AvgIpc) is 3.71. The number of rotatable bonds is 8. The summed E-state index contributed by atoms with van der Waals surface area (Å²) in [4.78, 5) is 2.36. The van der Waals surface area contributed by atoms with Gasteiger partial charge in [-0.25, -0.2) is 0 Å². The summed E-state index contributed by atoms with van der Waals surface area (Å²) in [5.41, 5.74) is 22.1. The van der Waals surface area contributed by atoms with Crippen LogP contribution in [0.3, 0.4) is 0 Å². The van der Waals surface area contributed by atoms with Crippen molar-refractivity contribution in [3.8, 4) is 66.8 Å². The smallest absolute Gasteiger partial charge is 0.0462 e. The highest BCUT2D eigenvalue weighted by Crippen LogP contribution is 2.69. The van der Waals surface area contributed by atoms with E-state index in [1.54, 1.807) is 11.1 Å². The van der Waals surface area contributed by atoms with Crippen molar-refractivity contribution in [3.63, 3.8) is 0 Å². The molecule has 15 rings (SSSR count). The molecular formula is C68H53N. The minimum absolute atomic E-state index is 0.221. The van der Waals surface area contributed by atoms with Crippen molar-refractivity contribution in [1.29, 1.82) is 0 Å². The molecule has 330 valence electrons. The molecule has 1 spiro atoms. The van der Waals surface area contributed by atoms with Gasteiger partial charge < -0.3 is 4.90 Å². The Morgan fingerprint density at radius 3 is 1.28 bits per heavy atom. The predicted molar refractivity (Wildman–Crippen MR) is 289 cm³/mol. The normalized spacial score (nSPS) is 20.5. The van der Waals surface area contributed by atoms with E-state index in [0.717, 1.165) is 40.7 Å². The Balaban J connectivity index is 0.729. The van der Waals surface area contributed by atoms with Crippen LogP contribution in [0.4, 0.5) is 17.1 Å². The van der Waals surface area contributed by atoms with E-state index in [9.17, 15) is 0 Å². The van der Waals surface area contributed by atoms with E-state index in [2.05, 4.69) is 241 Å². The Hall–Kier alpha value is -7.74. The summed E-state index contributed by atoms with van der Waals surface area (Å²) in [5, 5.41) is 2.52. The van der Waals surface area contributed by atoms with Crippen LogP contribution in [0.25, 0.3) is 77.5 Å². The first-order valence-corrected chi connectivity index (χ1v) is 25.2. The van der Waals surface area contributed by atoms with Gasteiger partial charge in [-0.3, -0.25) is 0 Å². The Labute approximate surface area is 406 Å². The van der Waals surface area contributed by atoms with Gasteiger partial charge in [-0.05, 0) is 187 Å².